The van der Waals surface area contributed by atoms with Crippen LogP contribution in [0.5, 0.6) is 0 Å². The molecule has 1 amide bonds. The van der Waals surface area contributed by atoms with Crippen LogP contribution in [0.3, 0.4) is 0 Å². The van der Waals surface area contributed by atoms with E-state index in [4.69, 9.17) is 4.42 Å². The molecule has 2 N–H and O–H groups in total. The molecule has 4 nitrogen and oxygen atoms in total. The van der Waals surface area contributed by atoms with Gasteiger partial charge in [-0.25, -0.2) is 0 Å². The number of amides is 1. The van der Waals surface area contributed by atoms with E-state index in [1.165, 1.54) is 0 Å². The number of carbonyl (C=O) groups excluding carboxylic acids is 1. The number of hydrogen-bond acceptors (Lipinski definition) is 3. The standard InChI is InChI=1S/C12H18N2O2/c1-8-3-5-11(16-8)9(2)13-7-10-4-6-12(15)14-10/h3,5,9-10,13H,4,6-7H2,1-2H3,(H,14,15). The number of nitrogens with one attached hydrogen (secondary N) is 2. The summed E-state index contributed by atoms with van der Waals surface area (Å²) in [6.45, 7) is 4.80. The van der Waals surface area contributed by atoms with Gasteiger partial charge in [0.05, 0.1) is 6.04 Å². The minimum atomic E-state index is 0.160. The van der Waals surface area contributed by atoms with Crippen molar-refractivity contribution in [1.82, 2.24) is 10.6 Å². The van der Waals surface area contributed by atoms with E-state index in [-0.39, 0.29) is 18.0 Å². The predicted molar refractivity (Wildman–Crippen MR) is 61.0 cm³/mol. The van der Waals surface area contributed by atoms with E-state index in [1.807, 2.05) is 19.1 Å². The van der Waals surface area contributed by atoms with Crippen molar-refractivity contribution < 1.29 is 9.21 Å². The highest BCUT2D eigenvalue weighted by molar-refractivity contribution is 5.78. The highest BCUT2D eigenvalue weighted by Crippen LogP contribution is 2.16. The third-order valence-electron chi connectivity index (χ3n) is 2.94. The normalized spacial score (nSPS) is 22.1. The molecule has 1 aromatic heterocycles. The summed E-state index contributed by atoms with van der Waals surface area (Å²) in [5.74, 6) is 2.04. The van der Waals surface area contributed by atoms with Crippen LogP contribution in [0.15, 0.2) is 16.5 Å². The van der Waals surface area contributed by atoms with Crippen LogP contribution < -0.4 is 10.6 Å². The van der Waals surface area contributed by atoms with Crippen LogP contribution in [-0.4, -0.2) is 18.5 Å². The Hall–Kier alpha value is -1.29. The van der Waals surface area contributed by atoms with Gasteiger partial charge < -0.3 is 15.1 Å². The monoisotopic (exact) mass is 222 g/mol. The minimum absolute atomic E-state index is 0.160. The second kappa shape index (κ2) is 4.70. The Balaban J connectivity index is 1.79. The number of aryl methyl sites for hydroxylation is 1. The van der Waals surface area contributed by atoms with Crippen LogP contribution in [-0.2, 0) is 4.79 Å². The molecule has 1 aliphatic heterocycles. The van der Waals surface area contributed by atoms with Gasteiger partial charge >= 0.3 is 0 Å². The molecule has 4 heteroatoms. The van der Waals surface area contributed by atoms with Gasteiger partial charge in [0.2, 0.25) is 5.91 Å². The topological polar surface area (TPSA) is 54.3 Å². The Morgan fingerprint density at radius 2 is 2.44 bits per heavy atom. The maximum absolute atomic E-state index is 11.0. The van der Waals surface area contributed by atoms with Crippen molar-refractivity contribution in [2.45, 2.75) is 38.8 Å². The van der Waals surface area contributed by atoms with Crippen molar-refractivity contribution >= 4 is 5.91 Å². The van der Waals surface area contributed by atoms with Crippen LogP contribution in [0.1, 0.15) is 37.3 Å². The number of carbonyl (C=O) groups is 1. The molecule has 2 rings (SSSR count). The molecule has 2 unspecified atom stereocenters. The van der Waals surface area contributed by atoms with E-state index >= 15 is 0 Å². The summed E-state index contributed by atoms with van der Waals surface area (Å²) >= 11 is 0. The summed E-state index contributed by atoms with van der Waals surface area (Å²) in [4.78, 5) is 11.0. The fraction of sp³-hybridized carbons (Fsp3) is 0.583. The quantitative estimate of drug-likeness (QED) is 0.812. The van der Waals surface area contributed by atoms with Crippen LogP contribution in [0.2, 0.25) is 0 Å². The van der Waals surface area contributed by atoms with Gasteiger partial charge in [0.15, 0.2) is 0 Å². The van der Waals surface area contributed by atoms with E-state index in [0.29, 0.717) is 6.42 Å². The third-order valence-corrected chi connectivity index (χ3v) is 2.94. The van der Waals surface area contributed by atoms with Gasteiger partial charge in [0.25, 0.3) is 0 Å². The van der Waals surface area contributed by atoms with Crippen LogP contribution in [0, 0.1) is 6.92 Å². The Morgan fingerprint density at radius 1 is 1.62 bits per heavy atom. The summed E-state index contributed by atoms with van der Waals surface area (Å²) in [5, 5.41) is 6.30. The molecule has 0 bridgehead atoms. The third kappa shape index (κ3) is 2.64. The van der Waals surface area contributed by atoms with E-state index in [9.17, 15) is 4.79 Å². The average molecular weight is 222 g/mol. The van der Waals surface area contributed by atoms with Crippen molar-refractivity contribution in [1.29, 1.82) is 0 Å². The average Bonchev–Trinajstić information content (AvgIpc) is 2.84. The van der Waals surface area contributed by atoms with Crippen LogP contribution >= 0.6 is 0 Å². The fourth-order valence-electron chi connectivity index (χ4n) is 1.94. The number of furan rings is 1. The smallest absolute Gasteiger partial charge is 0.220 e. The summed E-state index contributed by atoms with van der Waals surface area (Å²) in [5.41, 5.74) is 0. The first kappa shape index (κ1) is 11.2. The van der Waals surface area contributed by atoms with Crippen molar-refractivity contribution in [3.8, 4) is 0 Å². The highest BCUT2D eigenvalue weighted by atomic mass is 16.3. The van der Waals surface area contributed by atoms with Gasteiger partial charge in [-0.3, -0.25) is 4.79 Å². The van der Waals surface area contributed by atoms with Crippen molar-refractivity contribution in [3.05, 3.63) is 23.7 Å². The van der Waals surface area contributed by atoms with Crippen LogP contribution in [0.25, 0.3) is 0 Å². The summed E-state index contributed by atoms with van der Waals surface area (Å²) in [6.07, 6.45) is 1.58. The predicted octanol–water partition coefficient (Wildman–Crippen LogP) is 1.52. The molecule has 1 saturated heterocycles. The lowest BCUT2D eigenvalue weighted by molar-refractivity contribution is -0.119. The van der Waals surface area contributed by atoms with Crippen molar-refractivity contribution in [2.24, 2.45) is 0 Å². The summed E-state index contributed by atoms with van der Waals surface area (Å²) < 4.78 is 5.53. The van der Waals surface area contributed by atoms with E-state index in [0.717, 1.165) is 24.5 Å². The van der Waals surface area contributed by atoms with Gasteiger partial charge in [0, 0.05) is 19.0 Å². The molecule has 1 fully saturated rings. The molecule has 0 radical (unpaired) electrons. The molecule has 0 spiro atoms. The molecule has 16 heavy (non-hydrogen) atoms. The molecule has 2 atom stereocenters. The lowest BCUT2D eigenvalue weighted by Crippen LogP contribution is -2.36. The molecule has 0 aromatic carbocycles. The zero-order valence-electron chi connectivity index (χ0n) is 9.75. The number of hydrogen-bond donors (Lipinski definition) is 2. The molecule has 0 saturated carbocycles. The first-order valence-electron chi connectivity index (χ1n) is 5.74. The largest absolute Gasteiger partial charge is 0.465 e. The molecule has 0 aliphatic carbocycles. The van der Waals surface area contributed by atoms with E-state index in [1.54, 1.807) is 0 Å². The second-order valence-corrected chi connectivity index (χ2v) is 4.38. The molecule has 2 heterocycles. The Kier molecular flexibility index (Phi) is 3.29. The SMILES string of the molecule is Cc1ccc(C(C)NCC2CCC(=O)N2)o1. The van der Waals surface area contributed by atoms with Crippen molar-refractivity contribution in [3.63, 3.8) is 0 Å². The Morgan fingerprint density at radius 3 is 3.00 bits per heavy atom. The summed E-state index contributed by atoms with van der Waals surface area (Å²) in [7, 11) is 0. The molecular weight excluding hydrogens is 204 g/mol. The molecule has 1 aromatic rings. The second-order valence-electron chi connectivity index (χ2n) is 4.38. The van der Waals surface area contributed by atoms with Gasteiger partial charge in [-0.2, -0.15) is 0 Å². The van der Waals surface area contributed by atoms with Crippen LogP contribution in [0.4, 0.5) is 0 Å². The number of rotatable bonds is 4. The Labute approximate surface area is 95.4 Å². The van der Waals surface area contributed by atoms with Gasteiger partial charge in [-0.1, -0.05) is 0 Å². The molecule has 88 valence electrons. The van der Waals surface area contributed by atoms with Gasteiger partial charge in [0.1, 0.15) is 11.5 Å². The van der Waals surface area contributed by atoms with Gasteiger partial charge in [-0.05, 0) is 32.4 Å². The first-order chi connectivity index (χ1) is 7.65. The first-order valence-corrected chi connectivity index (χ1v) is 5.74. The van der Waals surface area contributed by atoms with E-state index < -0.39 is 0 Å². The molecule has 1 aliphatic rings. The maximum Gasteiger partial charge on any atom is 0.220 e. The zero-order chi connectivity index (χ0) is 11.5. The summed E-state index contributed by atoms with van der Waals surface area (Å²) in [6, 6.07) is 4.41. The lowest BCUT2D eigenvalue weighted by Gasteiger charge is -2.15. The van der Waals surface area contributed by atoms with Crippen molar-refractivity contribution in [2.75, 3.05) is 6.54 Å². The zero-order valence-corrected chi connectivity index (χ0v) is 9.75. The Bertz CT molecular complexity index is 373. The fourth-order valence-corrected chi connectivity index (χ4v) is 1.94. The van der Waals surface area contributed by atoms with Gasteiger partial charge in [-0.15, -0.1) is 0 Å². The lowest BCUT2D eigenvalue weighted by atomic mass is 10.2. The maximum atomic E-state index is 11.0. The molecular formula is C12H18N2O2. The highest BCUT2D eigenvalue weighted by Gasteiger charge is 2.21. The minimum Gasteiger partial charge on any atom is -0.465 e. The van der Waals surface area contributed by atoms with E-state index in [2.05, 4.69) is 17.6 Å².